The second-order valence-corrected chi connectivity index (χ2v) is 8.46. The zero-order valence-corrected chi connectivity index (χ0v) is 14.2. The Bertz CT molecular complexity index is 893. The first-order valence-electron chi connectivity index (χ1n) is 5.89. The molecule has 0 amide bonds. The molecule has 1 aromatic carbocycles. The highest BCUT2D eigenvalue weighted by molar-refractivity contribution is 9.11. The van der Waals surface area contributed by atoms with E-state index in [9.17, 15) is 0 Å². The Kier molecular flexibility index (Phi) is 3.30. The van der Waals surface area contributed by atoms with Crippen LogP contribution in [0.15, 0.2) is 44.7 Å². The summed E-state index contributed by atoms with van der Waals surface area (Å²) in [7, 11) is 0. The third kappa shape index (κ3) is 2.18. The number of hydrogen-bond donors (Lipinski definition) is 0. The SMILES string of the molecule is Brc1cc(CSc2nnc3sc4ccccc4n23)cs1. The fourth-order valence-electron chi connectivity index (χ4n) is 2.02. The summed E-state index contributed by atoms with van der Waals surface area (Å²) in [5, 5.41) is 11.7. The molecule has 20 heavy (non-hydrogen) atoms. The van der Waals surface area contributed by atoms with Gasteiger partial charge >= 0.3 is 0 Å². The highest BCUT2D eigenvalue weighted by Crippen LogP contribution is 2.31. The van der Waals surface area contributed by atoms with Crippen LogP contribution in [0.5, 0.6) is 0 Å². The van der Waals surface area contributed by atoms with E-state index in [1.54, 1.807) is 34.4 Å². The Morgan fingerprint density at radius 1 is 1.25 bits per heavy atom. The molecule has 0 saturated carbocycles. The topological polar surface area (TPSA) is 30.2 Å². The average Bonchev–Trinajstić information content (AvgIpc) is 3.11. The number of halogens is 1. The molecule has 0 fully saturated rings. The molecule has 0 aliphatic carbocycles. The molecule has 0 unspecified atom stereocenters. The van der Waals surface area contributed by atoms with Crippen molar-refractivity contribution >= 4 is 65.5 Å². The monoisotopic (exact) mass is 381 g/mol. The third-order valence-corrected chi connectivity index (χ3v) is 6.47. The number of thiazole rings is 1. The smallest absolute Gasteiger partial charge is 0.217 e. The molecule has 4 rings (SSSR count). The Hall–Kier alpha value is -0.890. The predicted molar refractivity (Wildman–Crippen MR) is 90.0 cm³/mol. The van der Waals surface area contributed by atoms with Gasteiger partial charge in [-0.3, -0.25) is 4.40 Å². The van der Waals surface area contributed by atoms with E-state index in [1.807, 2.05) is 0 Å². The maximum Gasteiger partial charge on any atom is 0.217 e. The second kappa shape index (κ2) is 5.14. The summed E-state index contributed by atoms with van der Waals surface area (Å²) in [4.78, 5) is 0.959. The van der Waals surface area contributed by atoms with Gasteiger partial charge in [-0.15, -0.1) is 21.5 Å². The summed E-state index contributed by atoms with van der Waals surface area (Å²) in [6.45, 7) is 0. The van der Waals surface area contributed by atoms with E-state index in [4.69, 9.17) is 0 Å². The van der Waals surface area contributed by atoms with Gasteiger partial charge in [0.25, 0.3) is 0 Å². The standard InChI is InChI=1S/C13H8BrN3S3/c14-11-5-8(6-18-11)7-19-12-15-16-13-17(12)9-3-1-2-4-10(9)20-13/h1-6H,7H2. The van der Waals surface area contributed by atoms with E-state index in [-0.39, 0.29) is 0 Å². The molecule has 0 bridgehead atoms. The van der Waals surface area contributed by atoms with E-state index in [1.165, 1.54) is 19.6 Å². The Morgan fingerprint density at radius 3 is 3.00 bits per heavy atom. The number of nitrogens with zero attached hydrogens (tertiary/aromatic N) is 3. The minimum absolute atomic E-state index is 0.910. The molecule has 7 heteroatoms. The fraction of sp³-hybridized carbons (Fsp3) is 0.0769. The number of aromatic nitrogens is 3. The molecule has 0 spiro atoms. The van der Waals surface area contributed by atoms with Crippen molar-refractivity contribution in [2.24, 2.45) is 0 Å². The molecule has 0 aliphatic rings. The molecule has 0 radical (unpaired) electrons. The minimum Gasteiger partial charge on any atom is -0.260 e. The first kappa shape index (κ1) is 12.8. The van der Waals surface area contributed by atoms with Crippen molar-refractivity contribution in [2.45, 2.75) is 10.9 Å². The molecule has 3 nitrogen and oxygen atoms in total. The summed E-state index contributed by atoms with van der Waals surface area (Å²) in [6, 6.07) is 10.5. The number of hydrogen-bond acceptors (Lipinski definition) is 5. The van der Waals surface area contributed by atoms with Crippen LogP contribution in [0.4, 0.5) is 0 Å². The van der Waals surface area contributed by atoms with Gasteiger partial charge in [0.15, 0.2) is 5.16 Å². The lowest BCUT2D eigenvalue weighted by molar-refractivity contribution is 0.940. The van der Waals surface area contributed by atoms with Gasteiger partial charge < -0.3 is 0 Å². The van der Waals surface area contributed by atoms with E-state index >= 15 is 0 Å². The lowest BCUT2D eigenvalue weighted by Gasteiger charge is -1.97. The number of fused-ring (bicyclic) bond motifs is 3. The minimum atomic E-state index is 0.910. The fourth-order valence-corrected chi connectivity index (χ4v) is 5.23. The summed E-state index contributed by atoms with van der Waals surface area (Å²) in [5.74, 6) is 0.910. The van der Waals surface area contributed by atoms with Crippen LogP contribution in [0.2, 0.25) is 0 Å². The number of rotatable bonds is 3. The van der Waals surface area contributed by atoms with E-state index in [0.29, 0.717) is 0 Å². The average molecular weight is 382 g/mol. The summed E-state index contributed by atoms with van der Waals surface area (Å²) >= 11 is 8.61. The van der Waals surface area contributed by atoms with Crippen molar-refractivity contribution in [3.05, 3.63) is 45.1 Å². The normalized spacial score (nSPS) is 11.7. The molecule has 0 N–H and O–H groups in total. The van der Waals surface area contributed by atoms with Crippen molar-refractivity contribution in [1.29, 1.82) is 0 Å². The van der Waals surface area contributed by atoms with E-state index < -0.39 is 0 Å². The maximum atomic E-state index is 4.31. The molecule has 4 aromatic rings. The van der Waals surface area contributed by atoms with E-state index in [2.05, 4.69) is 66.2 Å². The number of para-hydroxylation sites is 1. The maximum absolute atomic E-state index is 4.31. The first-order valence-corrected chi connectivity index (χ1v) is 9.37. The Morgan fingerprint density at radius 2 is 2.15 bits per heavy atom. The van der Waals surface area contributed by atoms with Crippen molar-refractivity contribution in [3.8, 4) is 0 Å². The first-order chi connectivity index (χ1) is 9.81. The molecular formula is C13H8BrN3S3. The van der Waals surface area contributed by atoms with Gasteiger partial charge in [0, 0.05) is 5.75 Å². The van der Waals surface area contributed by atoms with Crippen LogP contribution >= 0.6 is 50.4 Å². The number of thiophene rings is 1. The quantitative estimate of drug-likeness (QED) is 0.464. The van der Waals surface area contributed by atoms with Gasteiger partial charge in [0.1, 0.15) is 0 Å². The Balaban J connectivity index is 1.72. The van der Waals surface area contributed by atoms with Crippen molar-refractivity contribution < 1.29 is 0 Å². The molecular weight excluding hydrogens is 374 g/mol. The summed E-state index contributed by atoms with van der Waals surface area (Å²) in [5.41, 5.74) is 2.50. The van der Waals surface area contributed by atoms with Gasteiger partial charge in [-0.1, -0.05) is 35.2 Å². The Labute approximate surface area is 135 Å². The molecule has 0 saturated heterocycles. The molecule has 3 aromatic heterocycles. The molecule has 0 aliphatic heterocycles. The summed E-state index contributed by atoms with van der Waals surface area (Å²) < 4.78 is 4.56. The highest BCUT2D eigenvalue weighted by Gasteiger charge is 2.12. The van der Waals surface area contributed by atoms with Gasteiger partial charge in [-0.05, 0) is 45.1 Å². The largest absolute Gasteiger partial charge is 0.260 e. The lowest BCUT2D eigenvalue weighted by Crippen LogP contribution is -1.85. The highest BCUT2D eigenvalue weighted by atomic mass is 79.9. The molecule has 3 heterocycles. The van der Waals surface area contributed by atoms with Gasteiger partial charge in [0.2, 0.25) is 4.96 Å². The van der Waals surface area contributed by atoms with Crippen LogP contribution in [-0.2, 0) is 5.75 Å². The van der Waals surface area contributed by atoms with Crippen LogP contribution in [0.1, 0.15) is 5.56 Å². The number of thioether (sulfide) groups is 1. The molecule has 100 valence electrons. The zero-order valence-electron chi connectivity index (χ0n) is 10.1. The number of benzene rings is 1. The van der Waals surface area contributed by atoms with Crippen LogP contribution < -0.4 is 0 Å². The van der Waals surface area contributed by atoms with Crippen molar-refractivity contribution in [1.82, 2.24) is 14.6 Å². The van der Waals surface area contributed by atoms with Crippen LogP contribution in [0.3, 0.4) is 0 Å². The van der Waals surface area contributed by atoms with Crippen molar-refractivity contribution in [2.75, 3.05) is 0 Å². The predicted octanol–water partition coefficient (Wildman–Crippen LogP) is 5.06. The summed E-state index contributed by atoms with van der Waals surface area (Å²) in [6.07, 6.45) is 0. The van der Waals surface area contributed by atoms with Gasteiger partial charge in [0.05, 0.1) is 14.0 Å². The zero-order chi connectivity index (χ0) is 13.5. The van der Waals surface area contributed by atoms with Gasteiger partial charge in [-0.25, -0.2) is 0 Å². The van der Waals surface area contributed by atoms with Crippen molar-refractivity contribution in [3.63, 3.8) is 0 Å². The van der Waals surface area contributed by atoms with Gasteiger partial charge in [-0.2, -0.15) is 0 Å². The molecule has 0 atom stereocenters. The van der Waals surface area contributed by atoms with E-state index in [0.717, 1.165) is 15.9 Å². The van der Waals surface area contributed by atoms with Crippen LogP contribution in [-0.4, -0.2) is 14.6 Å². The lowest BCUT2D eigenvalue weighted by atomic mass is 10.3. The second-order valence-electron chi connectivity index (χ2n) is 4.22. The third-order valence-electron chi connectivity index (χ3n) is 2.90. The van der Waals surface area contributed by atoms with Crippen LogP contribution in [0.25, 0.3) is 15.2 Å². The van der Waals surface area contributed by atoms with Crippen LogP contribution in [0, 0.1) is 0 Å².